The van der Waals surface area contributed by atoms with E-state index < -0.39 is 0 Å². The molecule has 1 aromatic heterocycles. The van der Waals surface area contributed by atoms with Crippen LogP contribution in [0.25, 0.3) is 0 Å². The molecular formula is C12H17N3O. The maximum Gasteiger partial charge on any atom is 0.231 e. The van der Waals surface area contributed by atoms with E-state index in [0.717, 1.165) is 31.6 Å². The highest BCUT2D eigenvalue weighted by molar-refractivity contribution is 5.95. The predicted octanol–water partition coefficient (Wildman–Crippen LogP) is 1.41. The van der Waals surface area contributed by atoms with Gasteiger partial charge in [0, 0.05) is 24.6 Å². The molecule has 16 heavy (non-hydrogen) atoms. The number of piperidine rings is 1. The Morgan fingerprint density at radius 3 is 2.88 bits per heavy atom. The highest BCUT2D eigenvalue weighted by atomic mass is 16.2. The van der Waals surface area contributed by atoms with Gasteiger partial charge in [-0.2, -0.15) is 0 Å². The molecule has 1 aliphatic rings. The summed E-state index contributed by atoms with van der Waals surface area (Å²) in [5, 5.41) is 6.20. The van der Waals surface area contributed by atoms with Crippen LogP contribution in [-0.4, -0.2) is 24.0 Å². The van der Waals surface area contributed by atoms with E-state index >= 15 is 0 Å². The molecule has 2 heterocycles. The third-order valence-corrected chi connectivity index (χ3v) is 3.08. The van der Waals surface area contributed by atoms with Crippen molar-refractivity contribution in [1.82, 2.24) is 10.3 Å². The number of nitrogens with one attached hydrogen (secondary N) is 2. The van der Waals surface area contributed by atoms with Crippen LogP contribution in [0.2, 0.25) is 0 Å². The van der Waals surface area contributed by atoms with Crippen molar-refractivity contribution in [3.05, 3.63) is 24.5 Å². The number of pyridine rings is 1. The zero-order valence-electron chi connectivity index (χ0n) is 9.49. The first kappa shape index (κ1) is 11.1. The van der Waals surface area contributed by atoms with Crippen LogP contribution in [0.1, 0.15) is 19.8 Å². The molecule has 0 bridgehead atoms. The summed E-state index contributed by atoms with van der Waals surface area (Å²) >= 11 is 0. The molecule has 1 fully saturated rings. The Morgan fingerprint density at radius 2 is 2.25 bits per heavy atom. The maximum absolute atomic E-state index is 12.1. The molecule has 1 amide bonds. The summed E-state index contributed by atoms with van der Waals surface area (Å²) in [5.74, 6) is 0.0888. The monoisotopic (exact) mass is 219 g/mol. The van der Waals surface area contributed by atoms with Crippen molar-refractivity contribution in [3.8, 4) is 0 Å². The van der Waals surface area contributed by atoms with Gasteiger partial charge >= 0.3 is 0 Å². The second-order valence-electron chi connectivity index (χ2n) is 4.53. The first-order valence-electron chi connectivity index (χ1n) is 5.63. The van der Waals surface area contributed by atoms with E-state index in [0.29, 0.717) is 0 Å². The number of carbonyl (C=O) groups excluding carboxylic acids is 1. The molecule has 2 rings (SSSR count). The molecule has 4 heteroatoms. The van der Waals surface area contributed by atoms with Crippen LogP contribution in [0.5, 0.6) is 0 Å². The van der Waals surface area contributed by atoms with Crippen molar-refractivity contribution in [3.63, 3.8) is 0 Å². The molecule has 86 valence electrons. The second-order valence-corrected chi connectivity index (χ2v) is 4.53. The minimum atomic E-state index is -0.290. The standard InChI is InChI=1S/C12H17N3O/c1-12(5-2-6-14-9-12)11(16)15-10-3-7-13-8-4-10/h3-4,7-8,14H,2,5-6,9H2,1H3,(H,13,15,16). The summed E-state index contributed by atoms with van der Waals surface area (Å²) in [4.78, 5) is 16.0. The lowest BCUT2D eigenvalue weighted by molar-refractivity contribution is -0.125. The van der Waals surface area contributed by atoms with E-state index in [4.69, 9.17) is 0 Å². The van der Waals surface area contributed by atoms with Gasteiger partial charge in [0.2, 0.25) is 5.91 Å². The lowest BCUT2D eigenvalue weighted by Crippen LogP contribution is -2.46. The van der Waals surface area contributed by atoms with Gasteiger partial charge in [-0.1, -0.05) is 0 Å². The van der Waals surface area contributed by atoms with Crippen LogP contribution in [0.4, 0.5) is 5.69 Å². The van der Waals surface area contributed by atoms with Gasteiger partial charge in [-0.15, -0.1) is 0 Å². The van der Waals surface area contributed by atoms with Gasteiger partial charge in [0.25, 0.3) is 0 Å². The number of hydrogen-bond donors (Lipinski definition) is 2. The van der Waals surface area contributed by atoms with Crippen LogP contribution in [0, 0.1) is 5.41 Å². The molecule has 0 radical (unpaired) electrons. The molecular weight excluding hydrogens is 202 g/mol. The van der Waals surface area contributed by atoms with Gasteiger partial charge in [0.05, 0.1) is 5.41 Å². The number of amides is 1. The molecule has 1 atom stereocenters. The van der Waals surface area contributed by atoms with E-state index in [2.05, 4.69) is 15.6 Å². The Hall–Kier alpha value is -1.42. The zero-order chi connectivity index (χ0) is 11.4. The SMILES string of the molecule is CC1(C(=O)Nc2ccncc2)CCCNC1. The van der Waals surface area contributed by atoms with Gasteiger partial charge in [-0.25, -0.2) is 0 Å². The van der Waals surface area contributed by atoms with Gasteiger partial charge in [0.1, 0.15) is 0 Å². The molecule has 0 aliphatic carbocycles. The molecule has 0 aromatic carbocycles. The van der Waals surface area contributed by atoms with Gasteiger partial charge in [0.15, 0.2) is 0 Å². The summed E-state index contributed by atoms with van der Waals surface area (Å²) in [6, 6.07) is 3.61. The van der Waals surface area contributed by atoms with E-state index in [1.807, 2.05) is 6.92 Å². The van der Waals surface area contributed by atoms with Gasteiger partial charge in [-0.05, 0) is 38.4 Å². The van der Waals surface area contributed by atoms with E-state index in [1.165, 1.54) is 0 Å². The average Bonchev–Trinajstić information content (AvgIpc) is 2.31. The fraction of sp³-hybridized carbons (Fsp3) is 0.500. The van der Waals surface area contributed by atoms with Crippen LogP contribution >= 0.6 is 0 Å². The number of hydrogen-bond acceptors (Lipinski definition) is 3. The lowest BCUT2D eigenvalue weighted by Gasteiger charge is -2.32. The van der Waals surface area contributed by atoms with E-state index in [9.17, 15) is 4.79 Å². The predicted molar refractivity (Wildman–Crippen MR) is 63.1 cm³/mol. The molecule has 2 N–H and O–H groups in total. The highest BCUT2D eigenvalue weighted by Crippen LogP contribution is 2.26. The van der Waals surface area contributed by atoms with Crippen molar-refractivity contribution in [2.45, 2.75) is 19.8 Å². The smallest absolute Gasteiger partial charge is 0.231 e. The molecule has 1 aliphatic heterocycles. The third kappa shape index (κ3) is 2.39. The normalized spacial score (nSPS) is 25.1. The number of nitrogens with zero attached hydrogens (tertiary/aromatic N) is 1. The summed E-state index contributed by atoms with van der Waals surface area (Å²) in [7, 11) is 0. The van der Waals surface area contributed by atoms with Crippen molar-refractivity contribution in [2.24, 2.45) is 5.41 Å². The molecule has 1 aromatic rings. The molecule has 0 spiro atoms. The average molecular weight is 219 g/mol. The summed E-state index contributed by atoms with van der Waals surface area (Å²) < 4.78 is 0. The first-order valence-corrected chi connectivity index (χ1v) is 5.63. The fourth-order valence-electron chi connectivity index (χ4n) is 1.97. The molecule has 1 unspecified atom stereocenters. The topological polar surface area (TPSA) is 54.0 Å². The third-order valence-electron chi connectivity index (χ3n) is 3.08. The Labute approximate surface area is 95.5 Å². The van der Waals surface area contributed by atoms with Crippen molar-refractivity contribution < 1.29 is 4.79 Å². The summed E-state index contributed by atoms with van der Waals surface area (Å²) in [6.07, 6.45) is 5.35. The van der Waals surface area contributed by atoms with Crippen molar-refractivity contribution >= 4 is 11.6 Å². The Morgan fingerprint density at radius 1 is 1.50 bits per heavy atom. The van der Waals surface area contributed by atoms with Crippen molar-refractivity contribution in [1.29, 1.82) is 0 Å². The Balaban J connectivity index is 2.02. The number of anilines is 1. The Bertz CT molecular complexity index is 358. The highest BCUT2D eigenvalue weighted by Gasteiger charge is 2.34. The molecule has 0 saturated carbocycles. The van der Waals surface area contributed by atoms with Crippen LogP contribution < -0.4 is 10.6 Å². The number of aromatic nitrogens is 1. The lowest BCUT2D eigenvalue weighted by atomic mass is 9.82. The number of carbonyl (C=O) groups is 1. The maximum atomic E-state index is 12.1. The first-order chi connectivity index (χ1) is 7.71. The molecule has 4 nitrogen and oxygen atoms in total. The quantitative estimate of drug-likeness (QED) is 0.790. The fourth-order valence-corrected chi connectivity index (χ4v) is 1.97. The number of rotatable bonds is 2. The summed E-state index contributed by atoms with van der Waals surface area (Å²) in [6.45, 7) is 3.78. The zero-order valence-corrected chi connectivity index (χ0v) is 9.49. The van der Waals surface area contributed by atoms with E-state index in [-0.39, 0.29) is 11.3 Å². The Kier molecular flexibility index (Phi) is 3.19. The van der Waals surface area contributed by atoms with Gasteiger partial charge < -0.3 is 10.6 Å². The van der Waals surface area contributed by atoms with Crippen LogP contribution in [0.15, 0.2) is 24.5 Å². The second kappa shape index (κ2) is 4.61. The largest absolute Gasteiger partial charge is 0.325 e. The van der Waals surface area contributed by atoms with Crippen molar-refractivity contribution in [2.75, 3.05) is 18.4 Å². The van der Waals surface area contributed by atoms with E-state index in [1.54, 1.807) is 24.5 Å². The molecule has 1 saturated heterocycles. The van der Waals surface area contributed by atoms with Crippen LogP contribution in [0.3, 0.4) is 0 Å². The minimum absolute atomic E-state index is 0.0888. The van der Waals surface area contributed by atoms with Gasteiger partial charge in [-0.3, -0.25) is 9.78 Å². The summed E-state index contributed by atoms with van der Waals surface area (Å²) in [5.41, 5.74) is 0.522. The minimum Gasteiger partial charge on any atom is -0.325 e. The van der Waals surface area contributed by atoms with Crippen LogP contribution in [-0.2, 0) is 4.79 Å².